The van der Waals surface area contributed by atoms with E-state index in [2.05, 4.69) is 33.5 Å². The van der Waals surface area contributed by atoms with Crippen LogP contribution in [0.3, 0.4) is 0 Å². The molecular formula is C23H22FN3O. The molecule has 0 saturated carbocycles. The van der Waals surface area contributed by atoms with Crippen LogP contribution in [0.2, 0.25) is 0 Å². The molecule has 0 bridgehead atoms. The van der Waals surface area contributed by atoms with E-state index >= 15 is 0 Å². The zero-order valence-electron chi connectivity index (χ0n) is 15.7. The van der Waals surface area contributed by atoms with Gasteiger partial charge in [-0.05, 0) is 54.4 Å². The van der Waals surface area contributed by atoms with Gasteiger partial charge in [-0.3, -0.25) is 4.98 Å². The van der Waals surface area contributed by atoms with Crippen molar-refractivity contribution in [2.75, 3.05) is 13.2 Å². The van der Waals surface area contributed by atoms with Crippen LogP contribution in [0.25, 0.3) is 22.0 Å². The van der Waals surface area contributed by atoms with Gasteiger partial charge in [-0.1, -0.05) is 18.2 Å². The molecule has 4 nitrogen and oxygen atoms in total. The van der Waals surface area contributed by atoms with E-state index in [0.29, 0.717) is 13.2 Å². The van der Waals surface area contributed by atoms with Crippen LogP contribution in [0.1, 0.15) is 11.3 Å². The molecule has 0 aliphatic rings. The molecule has 0 unspecified atom stereocenters. The molecule has 0 atom stereocenters. The van der Waals surface area contributed by atoms with Gasteiger partial charge in [0.15, 0.2) is 0 Å². The summed E-state index contributed by atoms with van der Waals surface area (Å²) in [5.74, 6) is 0.656. The number of rotatable bonds is 7. The molecule has 0 spiro atoms. The Morgan fingerprint density at radius 2 is 1.89 bits per heavy atom. The number of hydrogen-bond donors (Lipinski definition) is 2. The molecule has 142 valence electrons. The largest absolute Gasteiger partial charge is 0.492 e. The van der Waals surface area contributed by atoms with Crippen LogP contribution in [0, 0.1) is 12.7 Å². The Labute approximate surface area is 163 Å². The normalized spacial score (nSPS) is 11.1. The Kier molecular flexibility index (Phi) is 5.35. The Balaban J connectivity index is 1.30. The monoisotopic (exact) mass is 375 g/mol. The minimum atomic E-state index is -0.236. The van der Waals surface area contributed by atoms with Gasteiger partial charge in [0.25, 0.3) is 0 Å². The van der Waals surface area contributed by atoms with Crippen molar-refractivity contribution in [2.45, 2.75) is 13.5 Å². The summed E-state index contributed by atoms with van der Waals surface area (Å²) in [5.41, 5.74) is 5.22. The molecule has 4 rings (SSSR count). The smallest absolute Gasteiger partial charge is 0.128 e. The third-order valence-electron chi connectivity index (χ3n) is 4.60. The number of aromatic nitrogens is 2. The van der Waals surface area contributed by atoms with Gasteiger partial charge in [-0.15, -0.1) is 0 Å². The minimum Gasteiger partial charge on any atom is -0.492 e. The van der Waals surface area contributed by atoms with Crippen molar-refractivity contribution in [3.05, 3.63) is 84.1 Å². The quantitative estimate of drug-likeness (QED) is 0.454. The summed E-state index contributed by atoms with van der Waals surface area (Å²) in [6.07, 6.45) is 3.63. The Morgan fingerprint density at radius 3 is 2.75 bits per heavy atom. The van der Waals surface area contributed by atoms with E-state index in [-0.39, 0.29) is 5.82 Å². The summed E-state index contributed by atoms with van der Waals surface area (Å²) in [6.45, 7) is 4.03. The highest BCUT2D eigenvalue weighted by atomic mass is 19.1. The van der Waals surface area contributed by atoms with Crippen molar-refractivity contribution in [1.82, 2.24) is 15.3 Å². The van der Waals surface area contributed by atoms with Crippen LogP contribution >= 0.6 is 0 Å². The van der Waals surface area contributed by atoms with Gasteiger partial charge < -0.3 is 15.0 Å². The Hall–Kier alpha value is -3.18. The standard InChI is InChI=1S/C23H22FN3O/c1-16-11-21-22(27-16)3-2-4-23(21)28-10-9-25-13-17-12-19(15-26-14-17)18-5-7-20(24)8-6-18/h2-8,11-12,14-15,25,27H,9-10,13H2,1H3. The highest BCUT2D eigenvalue weighted by Crippen LogP contribution is 2.26. The van der Waals surface area contributed by atoms with Crippen molar-refractivity contribution in [3.63, 3.8) is 0 Å². The van der Waals surface area contributed by atoms with Crippen LogP contribution < -0.4 is 10.1 Å². The lowest BCUT2D eigenvalue weighted by Crippen LogP contribution is -2.20. The van der Waals surface area contributed by atoms with Crippen molar-refractivity contribution >= 4 is 10.9 Å². The lowest BCUT2D eigenvalue weighted by atomic mass is 10.1. The molecule has 2 N–H and O–H groups in total. The number of nitrogens with one attached hydrogen (secondary N) is 2. The second-order valence-corrected chi connectivity index (χ2v) is 6.78. The Morgan fingerprint density at radius 1 is 1.04 bits per heavy atom. The molecule has 2 aromatic heterocycles. The maximum absolute atomic E-state index is 13.1. The number of fused-ring (bicyclic) bond motifs is 1. The van der Waals surface area contributed by atoms with Gasteiger partial charge in [0.1, 0.15) is 18.2 Å². The number of aryl methyl sites for hydroxylation is 1. The van der Waals surface area contributed by atoms with Crippen molar-refractivity contribution < 1.29 is 9.13 Å². The second-order valence-electron chi connectivity index (χ2n) is 6.78. The van der Waals surface area contributed by atoms with Crippen LogP contribution in [0.4, 0.5) is 4.39 Å². The van der Waals surface area contributed by atoms with Gasteiger partial charge >= 0.3 is 0 Å². The first kappa shape index (κ1) is 18.2. The average molecular weight is 375 g/mol. The summed E-state index contributed by atoms with van der Waals surface area (Å²) in [6, 6.07) is 16.7. The van der Waals surface area contributed by atoms with Crippen LogP contribution in [-0.4, -0.2) is 23.1 Å². The summed E-state index contributed by atoms with van der Waals surface area (Å²) in [4.78, 5) is 7.62. The van der Waals surface area contributed by atoms with Gasteiger partial charge in [0.2, 0.25) is 0 Å². The van der Waals surface area contributed by atoms with Gasteiger partial charge in [0, 0.05) is 47.6 Å². The van der Waals surface area contributed by atoms with Crippen molar-refractivity contribution in [3.8, 4) is 16.9 Å². The maximum Gasteiger partial charge on any atom is 0.128 e. The predicted octanol–water partition coefficient (Wildman–Crippen LogP) is 4.85. The molecule has 0 radical (unpaired) electrons. The van der Waals surface area contributed by atoms with Crippen LogP contribution in [0.5, 0.6) is 5.75 Å². The summed E-state index contributed by atoms with van der Waals surface area (Å²) in [5, 5.41) is 4.49. The van der Waals surface area contributed by atoms with Gasteiger partial charge in [0.05, 0.1) is 0 Å². The Bertz CT molecular complexity index is 1070. The summed E-state index contributed by atoms with van der Waals surface area (Å²) in [7, 11) is 0. The van der Waals surface area contributed by atoms with E-state index in [0.717, 1.165) is 45.6 Å². The van der Waals surface area contributed by atoms with Gasteiger partial charge in [-0.25, -0.2) is 4.39 Å². The zero-order valence-corrected chi connectivity index (χ0v) is 15.7. The molecule has 5 heteroatoms. The molecule has 4 aromatic rings. The van der Waals surface area contributed by atoms with E-state index in [4.69, 9.17) is 4.74 Å². The molecule has 0 saturated heterocycles. The average Bonchev–Trinajstić information content (AvgIpc) is 3.09. The zero-order chi connectivity index (χ0) is 19.3. The van der Waals surface area contributed by atoms with Crippen LogP contribution in [-0.2, 0) is 6.54 Å². The molecule has 0 amide bonds. The molecule has 0 fully saturated rings. The number of H-pyrrole nitrogens is 1. The van der Waals surface area contributed by atoms with Gasteiger partial charge in [-0.2, -0.15) is 0 Å². The van der Waals surface area contributed by atoms with E-state index in [1.807, 2.05) is 25.3 Å². The number of pyridine rings is 1. The topological polar surface area (TPSA) is 49.9 Å². The first-order valence-electron chi connectivity index (χ1n) is 9.31. The van der Waals surface area contributed by atoms with Crippen molar-refractivity contribution in [2.24, 2.45) is 0 Å². The number of halogens is 1. The van der Waals surface area contributed by atoms with E-state index in [1.165, 1.54) is 12.1 Å². The fourth-order valence-corrected chi connectivity index (χ4v) is 3.24. The molecule has 0 aliphatic carbocycles. The lowest BCUT2D eigenvalue weighted by molar-refractivity contribution is 0.317. The third-order valence-corrected chi connectivity index (χ3v) is 4.60. The first-order chi connectivity index (χ1) is 13.7. The number of benzene rings is 2. The van der Waals surface area contributed by atoms with E-state index in [9.17, 15) is 4.39 Å². The fraction of sp³-hybridized carbons (Fsp3) is 0.174. The lowest BCUT2D eigenvalue weighted by Gasteiger charge is -2.09. The molecule has 28 heavy (non-hydrogen) atoms. The summed E-state index contributed by atoms with van der Waals surface area (Å²) < 4.78 is 19.0. The number of nitrogens with zero attached hydrogens (tertiary/aromatic N) is 1. The first-order valence-corrected chi connectivity index (χ1v) is 9.31. The number of hydrogen-bond acceptors (Lipinski definition) is 3. The maximum atomic E-state index is 13.1. The molecule has 2 heterocycles. The van der Waals surface area contributed by atoms with E-state index in [1.54, 1.807) is 18.3 Å². The third kappa shape index (κ3) is 4.21. The fourth-order valence-electron chi connectivity index (χ4n) is 3.24. The number of ether oxygens (including phenoxy) is 1. The molecule has 0 aliphatic heterocycles. The highest BCUT2D eigenvalue weighted by Gasteiger charge is 2.05. The van der Waals surface area contributed by atoms with E-state index < -0.39 is 0 Å². The number of aromatic amines is 1. The minimum absolute atomic E-state index is 0.236. The van der Waals surface area contributed by atoms with Crippen molar-refractivity contribution in [1.29, 1.82) is 0 Å². The SMILES string of the molecule is Cc1cc2c(OCCNCc3cncc(-c4ccc(F)cc4)c3)cccc2[nH]1. The second kappa shape index (κ2) is 8.23. The molecular weight excluding hydrogens is 353 g/mol. The highest BCUT2D eigenvalue weighted by molar-refractivity contribution is 5.86. The van der Waals surface area contributed by atoms with Crippen LogP contribution in [0.15, 0.2) is 67.0 Å². The predicted molar refractivity (Wildman–Crippen MR) is 110 cm³/mol. The molecule has 2 aromatic carbocycles. The summed E-state index contributed by atoms with van der Waals surface area (Å²) >= 11 is 0.